The summed E-state index contributed by atoms with van der Waals surface area (Å²) < 4.78 is 41.5. The zero-order valence-electron chi connectivity index (χ0n) is 16.7. The summed E-state index contributed by atoms with van der Waals surface area (Å²) in [6.45, 7) is 2.03. The van der Waals surface area contributed by atoms with Crippen molar-refractivity contribution in [3.05, 3.63) is 63.5 Å². The van der Waals surface area contributed by atoms with Gasteiger partial charge in [-0.25, -0.2) is 0 Å². The smallest absolute Gasteiger partial charge is 0.347 e. The summed E-state index contributed by atoms with van der Waals surface area (Å²) >= 11 is 1.37. The molecule has 0 aliphatic rings. The maximum atomic E-state index is 13.3. The number of aromatic nitrogens is 2. The van der Waals surface area contributed by atoms with Crippen LogP contribution >= 0.6 is 11.3 Å². The minimum absolute atomic E-state index is 0.00147. The summed E-state index contributed by atoms with van der Waals surface area (Å²) in [5, 5.41) is 6.96. The molecule has 0 spiro atoms. The van der Waals surface area contributed by atoms with Gasteiger partial charge in [-0.05, 0) is 36.6 Å². The number of alkyl halides is 3. The molecular formula is C21H23F3N4OS. The van der Waals surface area contributed by atoms with Gasteiger partial charge < -0.3 is 11.1 Å². The fraction of sp³-hybridized carbons (Fsp3) is 0.333. The number of hydrogen-bond donors (Lipinski definition) is 2. The van der Waals surface area contributed by atoms with Crippen molar-refractivity contribution >= 4 is 17.2 Å². The van der Waals surface area contributed by atoms with Crippen molar-refractivity contribution < 1.29 is 18.0 Å². The Morgan fingerprint density at radius 2 is 2.03 bits per heavy atom. The van der Waals surface area contributed by atoms with E-state index in [0.29, 0.717) is 4.88 Å². The van der Waals surface area contributed by atoms with E-state index in [1.807, 2.05) is 20.0 Å². The van der Waals surface area contributed by atoms with Gasteiger partial charge in [0.1, 0.15) is 0 Å². The number of thiophene rings is 1. The van der Waals surface area contributed by atoms with Crippen LogP contribution in [0.25, 0.3) is 11.3 Å². The molecule has 3 N–H and O–H groups in total. The topological polar surface area (TPSA) is 72.9 Å². The molecular weight excluding hydrogens is 413 g/mol. The first-order chi connectivity index (χ1) is 14.2. The van der Waals surface area contributed by atoms with E-state index in [1.165, 1.54) is 23.5 Å². The van der Waals surface area contributed by atoms with Gasteiger partial charge in [-0.1, -0.05) is 25.1 Å². The summed E-state index contributed by atoms with van der Waals surface area (Å²) in [6, 6.07) is 8.41. The van der Waals surface area contributed by atoms with Gasteiger partial charge in [0.25, 0.3) is 5.91 Å². The SMILES string of the molecule is CCc1sc(C(=O)N[C@H](CN)Cc2ccccc2C(F)(F)F)cc1-c1ccnn1C. The van der Waals surface area contributed by atoms with E-state index in [2.05, 4.69) is 10.4 Å². The quantitative estimate of drug-likeness (QED) is 0.587. The number of halogens is 3. The highest BCUT2D eigenvalue weighted by atomic mass is 32.1. The Kier molecular flexibility index (Phi) is 6.62. The second-order valence-corrected chi connectivity index (χ2v) is 8.04. The first kappa shape index (κ1) is 22.0. The third-order valence-corrected chi connectivity index (χ3v) is 6.14. The van der Waals surface area contributed by atoms with Crippen LogP contribution in [0.1, 0.15) is 32.6 Å². The molecule has 0 aliphatic carbocycles. The van der Waals surface area contributed by atoms with Crippen LogP contribution in [0.15, 0.2) is 42.6 Å². The molecule has 0 radical (unpaired) electrons. The predicted molar refractivity (Wildman–Crippen MR) is 111 cm³/mol. The number of carbonyl (C=O) groups excluding carboxylic acids is 1. The molecule has 1 aromatic carbocycles. The van der Waals surface area contributed by atoms with Crippen LogP contribution in [0.4, 0.5) is 13.2 Å². The number of amides is 1. The van der Waals surface area contributed by atoms with Crippen molar-refractivity contribution in [3.63, 3.8) is 0 Å². The lowest BCUT2D eigenvalue weighted by molar-refractivity contribution is -0.138. The molecule has 0 unspecified atom stereocenters. The van der Waals surface area contributed by atoms with Crippen molar-refractivity contribution in [2.75, 3.05) is 6.54 Å². The van der Waals surface area contributed by atoms with E-state index in [1.54, 1.807) is 23.0 Å². The van der Waals surface area contributed by atoms with Gasteiger partial charge in [0.15, 0.2) is 0 Å². The number of nitrogens with two attached hydrogens (primary N) is 1. The van der Waals surface area contributed by atoms with Gasteiger partial charge in [-0.2, -0.15) is 18.3 Å². The zero-order chi connectivity index (χ0) is 21.9. The minimum atomic E-state index is -4.46. The highest BCUT2D eigenvalue weighted by Gasteiger charge is 2.33. The second kappa shape index (κ2) is 9.01. The average Bonchev–Trinajstić information content (AvgIpc) is 3.32. The largest absolute Gasteiger partial charge is 0.416 e. The Bertz CT molecular complexity index is 1030. The lowest BCUT2D eigenvalue weighted by Gasteiger charge is -2.19. The van der Waals surface area contributed by atoms with Crippen LogP contribution in [-0.2, 0) is 26.1 Å². The van der Waals surface area contributed by atoms with Crippen LogP contribution in [0.3, 0.4) is 0 Å². The van der Waals surface area contributed by atoms with Crippen LogP contribution in [0.2, 0.25) is 0 Å². The van der Waals surface area contributed by atoms with Gasteiger partial charge in [0, 0.05) is 36.3 Å². The second-order valence-electron chi connectivity index (χ2n) is 6.91. The van der Waals surface area contributed by atoms with Gasteiger partial charge in [0.05, 0.1) is 16.1 Å². The number of aryl methyl sites for hydroxylation is 2. The van der Waals surface area contributed by atoms with Crippen LogP contribution in [-0.4, -0.2) is 28.3 Å². The van der Waals surface area contributed by atoms with Crippen LogP contribution in [0, 0.1) is 0 Å². The van der Waals surface area contributed by atoms with Gasteiger partial charge in [0.2, 0.25) is 0 Å². The van der Waals surface area contributed by atoms with Crippen molar-refractivity contribution in [1.82, 2.24) is 15.1 Å². The van der Waals surface area contributed by atoms with Crippen molar-refractivity contribution in [3.8, 4) is 11.3 Å². The third-order valence-electron chi connectivity index (χ3n) is 4.86. The first-order valence-corrected chi connectivity index (χ1v) is 10.3. The Balaban J connectivity index is 1.80. The highest BCUT2D eigenvalue weighted by molar-refractivity contribution is 7.14. The molecule has 0 fully saturated rings. The number of hydrogen-bond acceptors (Lipinski definition) is 4. The Hall–Kier alpha value is -2.65. The molecule has 0 saturated carbocycles. The first-order valence-electron chi connectivity index (χ1n) is 9.51. The maximum absolute atomic E-state index is 13.3. The molecule has 0 bridgehead atoms. The molecule has 3 rings (SSSR count). The lowest BCUT2D eigenvalue weighted by atomic mass is 9.99. The zero-order valence-corrected chi connectivity index (χ0v) is 17.5. The summed E-state index contributed by atoms with van der Waals surface area (Å²) in [7, 11) is 1.83. The molecule has 0 aliphatic heterocycles. The van der Waals surface area contributed by atoms with Crippen LogP contribution in [0.5, 0.6) is 0 Å². The van der Waals surface area contributed by atoms with E-state index in [0.717, 1.165) is 28.6 Å². The number of nitrogens with zero attached hydrogens (tertiary/aromatic N) is 2. The maximum Gasteiger partial charge on any atom is 0.416 e. The molecule has 3 aromatic rings. The van der Waals surface area contributed by atoms with Crippen molar-refractivity contribution in [2.24, 2.45) is 12.8 Å². The van der Waals surface area contributed by atoms with Gasteiger partial charge in [-0.3, -0.25) is 9.48 Å². The number of carbonyl (C=O) groups is 1. The summed E-state index contributed by atoms with van der Waals surface area (Å²) in [5.74, 6) is -0.344. The number of benzene rings is 1. The van der Waals surface area contributed by atoms with E-state index in [4.69, 9.17) is 5.73 Å². The molecule has 9 heteroatoms. The van der Waals surface area contributed by atoms with Gasteiger partial charge in [-0.15, -0.1) is 11.3 Å². The summed E-state index contributed by atoms with van der Waals surface area (Å²) in [6.07, 6.45) is -2.02. The minimum Gasteiger partial charge on any atom is -0.347 e. The Morgan fingerprint density at radius 3 is 2.63 bits per heavy atom. The molecule has 2 heterocycles. The number of nitrogens with one attached hydrogen (secondary N) is 1. The highest BCUT2D eigenvalue weighted by Crippen LogP contribution is 2.33. The molecule has 1 atom stereocenters. The van der Waals surface area contributed by atoms with Crippen molar-refractivity contribution in [2.45, 2.75) is 32.0 Å². The van der Waals surface area contributed by atoms with E-state index < -0.39 is 17.8 Å². The average molecular weight is 437 g/mol. The standard InChI is InChI=1S/C21H23F3N4OS/c1-3-18-15(17-8-9-26-28(17)2)11-19(30-18)20(29)27-14(12-25)10-13-6-4-5-7-16(13)21(22,23)24/h4-9,11,14H,3,10,12,25H2,1-2H3,(H,27,29)/t14-/m0/s1. The molecule has 5 nitrogen and oxygen atoms in total. The molecule has 30 heavy (non-hydrogen) atoms. The third kappa shape index (κ3) is 4.73. The molecule has 1 amide bonds. The lowest BCUT2D eigenvalue weighted by Crippen LogP contribution is -2.41. The monoisotopic (exact) mass is 436 g/mol. The van der Waals surface area contributed by atoms with E-state index in [-0.39, 0.29) is 24.4 Å². The van der Waals surface area contributed by atoms with Crippen molar-refractivity contribution in [1.29, 1.82) is 0 Å². The normalized spacial score (nSPS) is 12.7. The van der Waals surface area contributed by atoms with E-state index >= 15 is 0 Å². The van der Waals surface area contributed by atoms with Crippen LogP contribution < -0.4 is 11.1 Å². The molecule has 0 saturated heterocycles. The van der Waals surface area contributed by atoms with E-state index in [9.17, 15) is 18.0 Å². The Labute approximate surface area is 176 Å². The predicted octanol–water partition coefficient (Wildman–Crippen LogP) is 4.03. The fourth-order valence-corrected chi connectivity index (χ4v) is 4.36. The summed E-state index contributed by atoms with van der Waals surface area (Å²) in [5.41, 5.74) is 6.99. The van der Waals surface area contributed by atoms with Gasteiger partial charge >= 0.3 is 6.18 Å². The molecule has 2 aromatic heterocycles. The Morgan fingerprint density at radius 1 is 1.30 bits per heavy atom. The number of rotatable bonds is 7. The molecule has 160 valence electrons. The summed E-state index contributed by atoms with van der Waals surface area (Å²) in [4.78, 5) is 14.3. The fourth-order valence-electron chi connectivity index (χ4n) is 3.35.